The molecule has 132 valence electrons. The molecule has 2 rings (SSSR count). The molecule has 0 bridgehead atoms. The van der Waals surface area contributed by atoms with Gasteiger partial charge in [0, 0.05) is 17.9 Å². The first-order chi connectivity index (χ1) is 11.8. The van der Waals surface area contributed by atoms with Crippen molar-refractivity contribution in [3.8, 4) is 11.3 Å². The number of rotatable bonds is 12. The minimum absolute atomic E-state index is 1.15. The van der Waals surface area contributed by atoms with Crippen LogP contribution < -0.4 is 0 Å². The minimum atomic E-state index is 1.15. The summed E-state index contributed by atoms with van der Waals surface area (Å²) in [5, 5.41) is 0. The molecule has 1 aromatic heterocycles. The number of nitrogens with zero attached hydrogens (tertiary/aromatic N) is 1. The molecule has 1 nitrogen and oxygen atoms in total. The molecular weight excluding hydrogens is 290 g/mol. The van der Waals surface area contributed by atoms with Crippen molar-refractivity contribution in [1.29, 1.82) is 0 Å². The van der Waals surface area contributed by atoms with Crippen molar-refractivity contribution in [3.63, 3.8) is 0 Å². The van der Waals surface area contributed by atoms with Gasteiger partial charge in [0.25, 0.3) is 0 Å². The summed E-state index contributed by atoms with van der Waals surface area (Å²) in [6.07, 6.45) is 14.0. The Morgan fingerprint density at radius 2 is 1.25 bits per heavy atom. The van der Waals surface area contributed by atoms with E-state index in [1.54, 1.807) is 0 Å². The Balaban J connectivity index is 1.66. The van der Waals surface area contributed by atoms with E-state index in [1.807, 2.05) is 0 Å². The predicted molar refractivity (Wildman–Crippen MR) is 106 cm³/mol. The molecule has 0 aliphatic rings. The number of aromatic nitrogens is 1. The highest BCUT2D eigenvalue weighted by Crippen LogP contribution is 2.23. The number of hydrogen-bond acceptors (Lipinski definition) is 0. The van der Waals surface area contributed by atoms with Gasteiger partial charge in [-0.25, -0.2) is 0 Å². The molecule has 0 aliphatic heterocycles. The van der Waals surface area contributed by atoms with Gasteiger partial charge in [0.15, 0.2) is 0 Å². The molecule has 0 aliphatic carbocycles. The first kappa shape index (κ1) is 18.8. The fourth-order valence-corrected chi connectivity index (χ4v) is 3.48. The Bertz CT molecular complexity index is 553. The van der Waals surface area contributed by atoms with E-state index in [0.29, 0.717) is 0 Å². The summed E-state index contributed by atoms with van der Waals surface area (Å²) >= 11 is 0. The van der Waals surface area contributed by atoms with Gasteiger partial charge in [-0.2, -0.15) is 0 Å². The SMILES string of the molecule is CCCCCCCCCCCCn1c(C)ccc1-c1ccccc1. The van der Waals surface area contributed by atoms with Crippen LogP contribution in [0.15, 0.2) is 42.5 Å². The van der Waals surface area contributed by atoms with Crippen LogP contribution in [-0.4, -0.2) is 4.57 Å². The molecular formula is C23H35N. The van der Waals surface area contributed by atoms with E-state index in [4.69, 9.17) is 0 Å². The van der Waals surface area contributed by atoms with Gasteiger partial charge in [0.1, 0.15) is 0 Å². The van der Waals surface area contributed by atoms with E-state index in [1.165, 1.54) is 81.2 Å². The molecule has 0 fully saturated rings. The number of unbranched alkanes of at least 4 members (excludes halogenated alkanes) is 9. The predicted octanol–water partition coefficient (Wildman–Crippen LogP) is 7.38. The summed E-state index contributed by atoms with van der Waals surface area (Å²) in [6, 6.07) is 15.3. The van der Waals surface area contributed by atoms with E-state index < -0.39 is 0 Å². The summed E-state index contributed by atoms with van der Waals surface area (Å²) < 4.78 is 2.49. The lowest BCUT2D eigenvalue weighted by atomic mass is 10.1. The lowest BCUT2D eigenvalue weighted by Crippen LogP contribution is -2.02. The average Bonchev–Trinajstić information content (AvgIpc) is 2.98. The van der Waals surface area contributed by atoms with Gasteiger partial charge in [0.2, 0.25) is 0 Å². The zero-order chi connectivity index (χ0) is 17.0. The van der Waals surface area contributed by atoms with E-state index in [2.05, 4.69) is 60.9 Å². The average molecular weight is 326 g/mol. The van der Waals surface area contributed by atoms with Crippen LogP contribution in [0.3, 0.4) is 0 Å². The number of aryl methyl sites for hydroxylation is 1. The molecule has 0 N–H and O–H groups in total. The minimum Gasteiger partial charge on any atom is -0.345 e. The monoisotopic (exact) mass is 325 g/mol. The van der Waals surface area contributed by atoms with Gasteiger partial charge in [-0.3, -0.25) is 0 Å². The molecule has 0 atom stereocenters. The van der Waals surface area contributed by atoms with E-state index >= 15 is 0 Å². The second-order valence-corrected chi connectivity index (χ2v) is 7.06. The normalized spacial score (nSPS) is 11.1. The van der Waals surface area contributed by atoms with Crippen LogP contribution in [0.2, 0.25) is 0 Å². The maximum atomic E-state index is 2.49. The van der Waals surface area contributed by atoms with Crippen molar-refractivity contribution >= 4 is 0 Å². The lowest BCUT2D eigenvalue weighted by Gasteiger charge is -2.12. The van der Waals surface area contributed by atoms with Crippen molar-refractivity contribution in [3.05, 3.63) is 48.2 Å². The molecule has 0 saturated carbocycles. The van der Waals surface area contributed by atoms with Gasteiger partial charge in [0.05, 0.1) is 0 Å². The van der Waals surface area contributed by atoms with E-state index in [9.17, 15) is 0 Å². The quantitative estimate of drug-likeness (QED) is 0.359. The molecule has 1 aromatic carbocycles. The van der Waals surface area contributed by atoms with Gasteiger partial charge in [-0.15, -0.1) is 0 Å². The van der Waals surface area contributed by atoms with Crippen molar-refractivity contribution in [2.24, 2.45) is 0 Å². The highest BCUT2D eigenvalue weighted by Gasteiger charge is 2.06. The first-order valence-corrected chi connectivity index (χ1v) is 10.0. The molecule has 2 aromatic rings. The maximum Gasteiger partial charge on any atom is 0.0482 e. The van der Waals surface area contributed by atoms with Crippen LogP contribution in [0.25, 0.3) is 11.3 Å². The van der Waals surface area contributed by atoms with Crippen molar-refractivity contribution in [1.82, 2.24) is 4.57 Å². The Morgan fingerprint density at radius 1 is 0.667 bits per heavy atom. The largest absolute Gasteiger partial charge is 0.345 e. The Morgan fingerprint density at radius 3 is 1.88 bits per heavy atom. The second-order valence-electron chi connectivity index (χ2n) is 7.06. The Labute approximate surface area is 149 Å². The second kappa shape index (κ2) is 11.1. The van der Waals surface area contributed by atoms with Crippen LogP contribution in [-0.2, 0) is 6.54 Å². The molecule has 0 spiro atoms. The topological polar surface area (TPSA) is 4.93 Å². The Hall–Kier alpha value is -1.50. The zero-order valence-corrected chi connectivity index (χ0v) is 15.8. The molecule has 1 heteroatoms. The first-order valence-electron chi connectivity index (χ1n) is 10.0. The zero-order valence-electron chi connectivity index (χ0n) is 15.8. The fourth-order valence-electron chi connectivity index (χ4n) is 3.48. The Kier molecular flexibility index (Phi) is 8.73. The molecule has 24 heavy (non-hydrogen) atoms. The van der Waals surface area contributed by atoms with Crippen molar-refractivity contribution < 1.29 is 0 Å². The van der Waals surface area contributed by atoms with Gasteiger partial charge in [-0.05, 0) is 31.0 Å². The molecule has 0 amide bonds. The third kappa shape index (κ3) is 6.19. The third-order valence-corrected chi connectivity index (χ3v) is 5.00. The smallest absolute Gasteiger partial charge is 0.0482 e. The van der Waals surface area contributed by atoms with Gasteiger partial charge >= 0.3 is 0 Å². The van der Waals surface area contributed by atoms with Crippen molar-refractivity contribution in [2.75, 3.05) is 0 Å². The maximum absolute atomic E-state index is 2.49. The van der Waals surface area contributed by atoms with E-state index in [0.717, 1.165) is 6.54 Å². The standard InChI is InChI=1S/C23H35N/c1-3-4-5-6-7-8-9-10-11-15-20-24-21(2)18-19-23(24)22-16-13-12-14-17-22/h12-14,16-19H,3-11,15,20H2,1-2H3. The molecule has 1 heterocycles. The van der Waals surface area contributed by atoms with Gasteiger partial charge in [-0.1, -0.05) is 95.0 Å². The summed E-state index contributed by atoms with van der Waals surface area (Å²) in [5.74, 6) is 0. The molecule has 0 radical (unpaired) electrons. The van der Waals surface area contributed by atoms with Crippen LogP contribution in [0.4, 0.5) is 0 Å². The van der Waals surface area contributed by atoms with E-state index in [-0.39, 0.29) is 0 Å². The highest BCUT2D eigenvalue weighted by atomic mass is 15.0. The molecule has 0 unspecified atom stereocenters. The summed E-state index contributed by atoms with van der Waals surface area (Å²) in [7, 11) is 0. The number of hydrogen-bond donors (Lipinski definition) is 0. The third-order valence-electron chi connectivity index (χ3n) is 5.00. The lowest BCUT2D eigenvalue weighted by molar-refractivity contribution is 0.534. The molecule has 0 saturated heterocycles. The van der Waals surface area contributed by atoms with Crippen LogP contribution in [0.5, 0.6) is 0 Å². The summed E-state index contributed by atoms with van der Waals surface area (Å²) in [4.78, 5) is 0. The summed E-state index contributed by atoms with van der Waals surface area (Å²) in [5.41, 5.74) is 4.08. The van der Waals surface area contributed by atoms with Crippen molar-refractivity contribution in [2.45, 2.75) is 84.6 Å². The van der Waals surface area contributed by atoms with Crippen LogP contribution in [0.1, 0.15) is 76.8 Å². The van der Waals surface area contributed by atoms with Gasteiger partial charge < -0.3 is 4.57 Å². The fraction of sp³-hybridized carbons (Fsp3) is 0.565. The highest BCUT2D eigenvalue weighted by molar-refractivity contribution is 5.60. The van der Waals surface area contributed by atoms with Crippen LogP contribution in [0, 0.1) is 6.92 Å². The number of benzene rings is 1. The summed E-state index contributed by atoms with van der Waals surface area (Å²) in [6.45, 7) is 5.66. The van der Waals surface area contributed by atoms with Crippen LogP contribution >= 0.6 is 0 Å².